The zero-order valence-corrected chi connectivity index (χ0v) is 15.3. The lowest BCUT2D eigenvalue weighted by Gasteiger charge is -2.46. The van der Waals surface area contributed by atoms with Crippen LogP contribution in [0.15, 0.2) is 0 Å². The fourth-order valence-electron chi connectivity index (χ4n) is 2.55. The molecule has 0 unspecified atom stereocenters. The molecule has 0 saturated carbocycles. The highest BCUT2D eigenvalue weighted by atomic mass is 28.5. The fraction of sp³-hybridized carbons (Fsp3) is 1.00. The van der Waals surface area contributed by atoms with E-state index in [-0.39, 0.29) is 37.4 Å². The molecule has 13 heteroatoms. The molecule has 0 radical (unpaired) electrons. The number of alkyl halides is 9. The van der Waals surface area contributed by atoms with Crippen LogP contribution in [0, 0.1) is 0 Å². The van der Waals surface area contributed by atoms with E-state index < -0.39 is 55.6 Å². The average Bonchev–Trinajstić information content (AvgIpc) is 2.31. The highest BCUT2D eigenvalue weighted by Crippen LogP contribution is 2.38. The van der Waals surface area contributed by atoms with Crippen LogP contribution in [0.4, 0.5) is 39.5 Å². The summed E-state index contributed by atoms with van der Waals surface area (Å²) < 4.78 is 120. The second-order valence-electron chi connectivity index (χ2n) is 6.02. The second-order valence-corrected chi connectivity index (χ2v) is 12.2. The van der Waals surface area contributed by atoms with Gasteiger partial charge in [0, 0.05) is 19.3 Å². The molecule has 0 N–H and O–H groups in total. The van der Waals surface area contributed by atoms with E-state index in [1.807, 2.05) is 0 Å². The molecule has 25 heavy (non-hydrogen) atoms. The highest BCUT2D eigenvalue weighted by Gasteiger charge is 2.51. The van der Waals surface area contributed by atoms with Crippen molar-refractivity contribution in [2.45, 2.75) is 75.2 Å². The van der Waals surface area contributed by atoms with E-state index in [1.165, 1.54) is 0 Å². The van der Waals surface area contributed by atoms with Gasteiger partial charge in [-0.2, -0.15) is 39.5 Å². The Kier molecular flexibility index (Phi) is 7.84. The van der Waals surface area contributed by atoms with Gasteiger partial charge in [0.25, 0.3) is 0 Å². The van der Waals surface area contributed by atoms with Crippen molar-refractivity contribution in [3.63, 3.8) is 0 Å². The van der Waals surface area contributed by atoms with E-state index in [4.69, 9.17) is 8.23 Å². The van der Waals surface area contributed by atoms with Gasteiger partial charge in [-0.15, -0.1) is 0 Å². The molecule has 0 aromatic carbocycles. The third kappa shape index (κ3) is 10.5. The topological polar surface area (TPSA) is 18.5 Å². The van der Waals surface area contributed by atoms with Gasteiger partial charge in [0.1, 0.15) is 0 Å². The molecule has 0 spiro atoms. The van der Waals surface area contributed by atoms with Crippen molar-refractivity contribution in [3.05, 3.63) is 0 Å². The minimum absolute atomic E-state index is 0.0484. The second kappa shape index (κ2) is 8.61. The van der Waals surface area contributed by atoms with E-state index in [9.17, 15) is 39.5 Å². The first kappa shape index (κ1) is 22.8. The van der Waals surface area contributed by atoms with Crippen molar-refractivity contribution in [2.24, 2.45) is 0 Å². The summed E-state index contributed by atoms with van der Waals surface area (Å²) in [6.45, 7) is 0. The van der Waals surface area contributed by atoms with Gasteiger partial charge in [-0.1, -0.05) is 0 Å². The molecule has 2 nitrogen and oxygen atoms in total. The lowest BCUT2D eigenvalue weighted by Crippen LogP contribution is -2.61. The van der Waals surface area contributed by atoms with Gasteiger partial charge in [0.05, 0.1) is 0 Å². The summed E-state index contributed by atoms with van der Waals surface area (Å²) in [6, 6.07) is -0.132. The van der Waals surface area contributed by atoms with Crippen molar-refractivity contribution in [3.8, 4) is 0 Å². The molecular formula is C12H19F9O2Si2. The first-order chi connectivity index (χ1) is 11.2. The van der Waals surface area contributed by atoms with Crippen LogP contribution in [0.25, 0.3) is 0 Å². The summed E-state index contributed by atoms with van der Waals surface area (Å²) in [5, 5.41) is 0. The van der Waals surface area contributed by atoms with Crippen LogP contribution in [-0.2, 0) is 8.23 Å². The average molecular weight is 422 g/mol. The summed E-state index contributed by atoms with van der Waals surface area (Å²) in [7, 11) is -5.51. The van der Waals surface area contributed by atoms with Gasteiger partial charge in [-0.25, -0.2) is 0 Å². The Morgan fingerprint density at radius 3 is 1.32 bits per heavy atom. The van der Waals surface area contributed by atoms with Crippen LogP contribution in [0.1, 0.15) is 38.5 Å². The molecule has 0 aromatic rings. The molecule has 1 saturated heterocycles. The summed E-state index contributed by atoms with van der Waals surface area (Å²) in [5.74, 6) is 0. The maximum absolute atomic E-state index is 12.2. The van der Waals surface area contributed by atoms with Crippen LogP contribution >= 0.6 is 0 Å². The standard InChI is InChI=1S/C12H19F9O2Si2/c13-10(14,15)4-1-7-24-22-25(23-24,8-2-5-11(16,17)18)9-3-6-12(19,20)21/h24H,1-9H2. The van der Waals surface area contributed by atoms with Crippen molar-refractivity contribution in [2.75, 3.05) is 0 Å². The van der Waals surface area contributed by atoms with E-state index in [0.717, 1.165) is 0 Å². The molecule has 1 fully saturated rings. The summed E-state index contributed by atoms with van der Waals surface area (Å²) in [6.07, 6.45) is -17.1. The van der Waals surface area contributed by atoms with Crippen molar-refractivity contribution in [1.82, 2.24) is 0 Å². The molecule has 0 aliphatic carbocycles. The summed E-state index contributed by atoms with van der Waals surface area (Å²) in [4.78, 5) is 0. The Hall–Kier alpha value is -0.276. The maximum Gasteiger partial charge on any atom is 0.389 e. The van der Waals surface area contributed by atoms with E-state index in [0.29, 0.717) is 0 Å². The van der Waals surface area contributed by atoms with Crippen molar-refractivity contribution >= 4 is 17.8 Å². The van der Waals surface area contributed by atoms with Crippen LogP contribution in [0.2, 0.25) is 18.1 Å². The maximum atomic E-state index is 12.2. The Morgan fingerprint density at radius 1 is 0.600 bits per heavy atom. The van der Waals surface area contributed by atoms with E-state index in [1.54, 1.807) is 0 Å². The Bertz CT molecular complexity index is 381. The third-order valence-corrected chi connectivity index (χ3v) is 12.3. The minimum Gasteiger partial charge on any atom is -0.418 e. The predicted molar refractivity (Wildman–Crippen MR) is 75.4 cm³/mol. The quantitative estimate of drug-likeness (QED) is 0.349. The molecule has 0 bridgehead atoms. The van der Waals surface area contributed by atoms with Crippen LogP contribution in [-0.4, -0.2) is 36.4 Å². The van der Waals surface area contributed by atoms with Gasteiger partial charge >= 0.3 is 36.4 Å². The van der Waals surface area contributed by atoms with Crippen molar-refractivity contribution < 1.29 is 47.7 Å². The van der Waals surface area contributed by atoms with Gasteiger partial charge in [-0.05, 0) is 37.4 Å². The van der Waals surface area contributed by atoms with Crippen molar-refractivity contribution in [1.29, 1.82) is 0 Å². The number of halogens is 9. The SMILES string of the molecule is FC(F)(F)CCC[SiH]1O[Si](CCCC(F)(F)F)(CCCC(F)(F)F)O1. The van der Waals surface area contributed by atoms with Gasteiger partial charge in [0.2, 0.25) is 0 Å². The molecule has 1 aliphatic heterocycles. The van der Waals surface area contributed by atoms with Crippen LogP contribution in [0.5, 0.6) is 0 Å². The Balaban J connectivity index is 2.43. The molecule has 1 aliphatic rings. The number of hydrogen-bond acceptors (Lipinski definition) is 2. The zero-order valence-electron chi connectivity index (χ0n) is 13.2. The molecule has 0 aromatic heterocycles. The molecule has 0 atom stereocenters. The Morgan fingerprint density at radius 2 is 0.960 bits per heavy atom. The predicted octanol–water partition coefficient (Wildman–Crippen LogP) is 5.72. The Labute approximate surface area is 141 Å². The number of hydrogen-bond donors (Lipinski definition) is 0. The zero-order chi connectivity index (χ0) is 19.4. The van der Waals surface area contributed by atoms with E-state index in [2.05, 4.69) is 0 Å². The number of rotatable bonds is 9. The summed E-state index contributed by atoms with van der Waals surface area (Å²) in [5.41, 5.74) is 0. The first-order valence-corrected chi connectivity index (χ1v) is 11.7. The largest absolute Gasteiger partial charge is 0.418 e. The smallest absolute Gasteiger partial charge is 0.389 e. The lowest BCUT2D eigenvalue weighted by atomic mass is 10.3. The molecule has 0 amide bonds. The fourth-order valence-corrected chi connectivity index (χ4v) is 11.5. The van der Waals surface area contributed by atoms with Gasteiger partial charge in [-0.3, -0.25) is 0 Å². The lowest BCUT2D eigenvalue weighted by molar-refractivity contribution is -0.135. The summed E-state index contributed by atoms with van der Waals surface area (Å²) >= 11 is 0. The van der Waals surface area contributed by atoms with Crippen LogP contribution < -0.4 is 0 Å². The molecule has 150 valence electrons. The van der Waals surface area contributed by atoms with E-state index >= 15 is 0 Å². The molecule has 1 heterocycles. The molecular weight excluding hydrogens is 403 g/mol. The van der Waals surface area contributed by atoms with Gasteiger partial charge < -0.3 is 8.23 Å². The monoisotopic (exact) mass is 422 g/mol. The first-order valence-electron chi connectivity index (χ1n) is 7.76. The van der Waals surface area contributed by atoms with Crippen LogP contribution in [0.3, 0.4) is 0 Å². The minimum atomic E-state index is -4.38. The third-order valence-electron chi connectivity index (χ3n) is 3.63. The van der Waals surface area contributed by atoms with Gasteiger partial charge in [0.15, 0.2) is 0 Å². The molecule has 1 rings (SSSR count). The normalized spacial score (nSPS) is 19.1. The highest BCUT2D eigenvalue weighted by molar-refractivity contribution is 6.86.